The molecule has 0 saturated carbocycles. The summed E-state index contributed by atoms with van der Waals surface area (Å²) in [4.78, 5) is 11.3. The van der Waals surface area contributed by atoms with E-state index in [-0.39, 0.29) is 29.7 Å². The predicted octanol–water partition coefficient (Wildman–Crippen LogP) is 0.202. The highest BCUT2D eigenvalue weighted by atomic mass is 127. The zero-order valence-corrected chi connectivity index (χ0v) is 19.6. The number of nitro groups is 1. The normalized spacial score (nSPS) is 10.3. The number of fused-ring (bicyclic) bond motifs is 1. The second-order valence-electron chi connectivity index (χ2n) is 6.44. The Hall–Kier alpha value is -2.82. The van der Waals surface area contributed by atoms with Crippen molar-refractivity contribution in [3.63, 3.8) is 0 Å². The largest absolute Gasteiger partial charge is 1.00 e. The Morgan fingerprint density at radius 3 is 2.00 bits per heavy atom. The van der Waals surface area contributed by atoms with Gasteiger partial charge in [-0.15, -0.1) is 0 Å². The highest BCUT2D eigenvalue weighted by Gasteiger charge is 2.24. The van der Waals surface area contributed by atoms with E-state index in [0.717, 1.165) is 16.5 Å². The van der Waals surface area contributed by atoms with Gasteiger partial charge in [0.05, 0.1) is 51.2 Å². The highest BCUT2D eigenvalue weighted by Crippen LogP contribution is 2.37. The minimum Gasteiger partial charge on any atom is -1.00 e. The van der Waals surface area contributed by atoms with Gasteiger partial charge in [0.25, 0.3) is 5.69 Å². The fourth-order valence-corrected chi connectivity index (χ4v) is 3.38. The maximum atomic E-state index is 11.7. The number of benzene rings is 2. The molecule has 0 amide bonds. The van der Waals surface area contributed by atoms with E-state index in [1.54, 1.807) is 20.3 Å². The lowest BCUT2D eigenvalue weighted by Crippen LogP contribution is -3.00. The molecular weight excluding hydrogens is 503 g/mol. The molecular formula is C21H23IN2O6. The van der Waals surface area contributed by atoms with E-state index >= 15 is 0 Å². The Kier molecular flexibility index (Phi) is 7.65. The lowest BCUT2D eigenvalue weighted by atomic mass is 10.0. The molecule has 0 aliphatic heterocycles. The molecule has 3 rings (SSSR count). The van der Waals surface area contributed by atoms with Crippen LogP contribution in [-0.2, 0) is 13.5 Å². The van der Waals surface area contributed by atoms with Gasteiger partial charge in [0.2, 0.25) is 0 Å². The summed E-state index contributed by atoms with van der Waals surface area (Å²) < 4.78 is 23.3. The zero-order chi connectivity index (χ0) is 21.1. The third kappa shape index (κ3) is 4.35. The summed E-state index contributed by atoms with van der Waals surface area (Å²) in [6.45, 7) is 0. The second kappa shape index (κ2) is 9.79. The molecule has 0 unspecified atom stereocenters. The molecule has 0 saturated heterocycles. The Labute approximate surface area is 191 Å². The third-order valence-electron chi connectivity index (χ3n) is 4.91. The Bertz CT molecular complexity index is 1090. The molecule has 0 radical (unpaired) electrons. The van der Waals surface area contributed by atoms with Crippen LogP contribution >= 0.6 is 0 Å². The van der Waals surface area contributed by atoms with E-state index in [4.69, 9.17) is 18.9 Å². The predicted molar refractivity (Wildman–Crippen MR) is 107 cm³/mol. The quantitative estimate of drug-likeness (QED) is 0.190. The van der Waals surface area contributed by atoms with Gasteiger partial charge in [0, 0.05) is 11.6 Å². The Morgan fingerprint density at radius 1 is 0.900 bits per heavy atom. The van der Waals surface area contributed by atoms with Crippen LogP contribution in [0.4, 0.5) is 5.69 Å². The van der Waals surface area contributed by atoms with Gasteiger partial charge in [-0.1, -0.05) is 0 Å². The number of hydrogen-bond acceptors (Lipinski definition) is 6. The molecule has 3 aromatic rings. The summed E-state index contributed by atoms with van der Waals surface area (Å²) in [7, 11) is 8.01. The number of ether oxygens (including phenoxy) is 4. The first-order valence-electron chi connectivity index (χ1n) is 8.86. The topological polar surface area (TPSA) is 83.9 Å². The molecule has 0 spiro atoms. The van der Waals surface area contributed by atoms with Crippen molar-refractivity contribution in [2.24, 2.45) is 7.05 Å². The summed E-state index contributed by atoms with van der Waals surface area (Å²) in [5.74, 6) is 1.97. The van der Waals surface area contributed by atoms with Crippen molar-refractivity contribution >= 4 is 16.5 Å². The van der Waals surface area contributed by atoms with Crippen LogP contribution in [0, 0.1) is 10.1 Å². The molecule has 160 valence electrons. The van der Waals surface area contributed by atoms with Crippen LogP contribution in [0.25, 0.3) is 10.8 Å². The monoisotopic (exact) mass is 526 g/mol. The molecule has 2 aromatic carbocycles. The van der Waals surface area contributed by atoms with Crippen molar-refractivity contribution in [3.8, 4) is 23.0 Å². The van der Waals surface area contributed by atoms with Gasteiger partial charge in [-0.2, -0.15) is 0 Å². The molecule has 9 heteroatoms. The summed E-state index contributed by atoms with van der Waals surface area (Å²) in [6.07, 6.45) is 2.23. The van der Waals surface area contributed by atoms with E-state index in [2.05, 4.69) is 0 Å². The van der Waals surface area contributed by atoms with E-state index < -0.39 is 4.92 Å². The number of rotatable bonds is 7. The maximum absolute atomic E-state index is 11.7. The van der Waals surface area contributed by atoms with Gasteiger partial charge >= 0.3 is 0 Å². The molecule has 0 aliphatic rings. The SMILES string of the molecule is COc1cc(Cc2c3cc(OC)c(OC)cc3cc[n+]2C)c([N+](=O)[O-])cc1OC.[I-]. The fraction of sp³-hybridized carbons (Fsp3) is 0.286. The molecule has 1 aromatic heterocycles. The van der Waals surface area contributed by atoms with Gasteiger partial charge in [0.15, 0.2) is 34.9 Å². The number of pyridine rings is 1. The first kappa shape index (κ1) is 23.5. The first-order valence-corrected chi connectivity index (χ1v) is 8.86. The zero-order valence-electron chi connectivity index (χ0n) is 17.4. The summed E-state index contributed by atoms with van der Waals surface area (Å²) >= 11 is 0. The molecule has 0 atom stereocenters. The minimum atomic E-state index is -0.411. The first-order chi connectivity index (χ1) is 13.9. The fourth-order valence-electron chi connectivity index (χ4n) is 3.38. The van der Waals surface area contributed by atoms with Gasteiger partial charge < -0.3 is 42.9 Å². The molecule has 0 aliphatic carbocycles. The number of methoxy groups -OCH3 is 4. The number of halogens is 1. The summed E-state index contributed by atoms with van der Waals surface area (Å²) in [6, 6.07) is 8.78. The molecule has 0 bridgehead atoms. The highest BCUT2D eigenvalue weighted by molar-refractivity contribution is 5.87. The molecule has 1 heterocycles. The van der Waals surface area contributed by atoms with Crippen LogP contribution < -0.4 is 47.5 Å². The van der Waals surface area contributed by atoms with E-state index in [1.165, 1.54) is 20.3 Å². The van der Waals surface area contributed by atoms with Crippen LogP contribution in [0.1, 0.15) is 11.3 Å². The summed E-state index contributed by atoms with van der Waals surface area (Å²) in [5.41, 5.74) is 1.38. The summed E-state index contributed by atoms with van der Waals surface area (Å²) in [5, 5.41) is 13.5. The Balaban J connectivity index is 0.00000320. The average Bonchev–Trinajstić information content (AvgIpc) is 2.73. The second-order valence-corrected chi connectivity index (χ2v) is 6.44. The minimum absolute atomic E-state index is 0. The van der Waals surface area contributed by atoms with Crippen molar-refractivity contribution in [1.82, 2.24) is 0 Å². The van der Waals surface area contributed by atoms with Crippen LogP contribution in [0.2, 0.25) is 0 Å². The third-order valence-corrected chi connectivity index (χ3v) is 4.91. The molecule has 8 nitrogen and oxygen atoms in total. The van der Waals surface area contributed by atoms with Gasteiger partial charge in [0.1, 0.15) is 7.05 Å². The molecule has 30 heavy (non-hydrogen) atoms. The number of nitrogens with zero attached hydrogens (tertiary/aromatic N) is 2. The van der Waals surface area contributed by atoms with Crippen LogP contribution in [0.3, 0.4) is 0 Å². The molecule has 0 fully saturated rings. The van der Waals surface area contributed by atoms with Crippen molar-refractivity contribution in [2.75, 3.05) is 28.4 Å². The number of aryl methyl sites for hydroxylation is 1. The van der Waals surface area contributed by atoms with E-state index in [0.29, 0.717) is 35.0 Å². The lowest BCUT2D eigenvalue weighted by Gasteiger charge is -2.12. The van der Waals surface area contributed by atoms with Crippen molar-refractivity contribution in [1.29, 1.82) is 0 Å². The number of aromatic nitrogens is 1. The van der Waals surface area contributed by atoms with Gasteiger partial charge in [-0.05, 0) is 23.6 Å². The standard InChI is InChI=1S/C21H23N2O6.HI/c1-22-7-6-13-9-18(26-2)20(28-4)11-15(13)17(22)8-14-10-19(27-3)21(29-5)12-16(14)23(24)25;/h6-7,9-12H,8H2,1-5H3;1H/q+1;/p-1. The van der Waals surface area contributed by atoms with Gasteiger partial charge in [-0.25, -0.2) is 4.57 Å². The van der Waals surface area contributed by atoms with Crippen molar-refractivity contribution in [3.05, 3.63) is 57.9 Å². The lowest BCUT2D eigenvalue weighted by molar-refractivity contribution is -0.677. The van der Waals surface area contributed by atoms with Gasteiger partial charge in [-0.3, -0.25) is 10.1 Å². The van der Waals surface area contributed by atoms with E-state index in [9.17, 15) is 10.1 Å². The molecule has 0 N–H and O–H groups in total. The van der Waals surface area contributed by atoms with Crippen molar-refractivity contribution in [2.45, 2.75) is 6.42 Å². The van der Waals surface area contributed by atoms with Crippen LogP contribution in [0.15, 0.2) is 36.5 Å². The smallest absolute Gasteiger partial charge is 0.277 e. The average molecular weight is 526 g/mol. The van der Waals surface area contributed by atoms with E-state index in [1.807, 2.05) is 36.0 Å². The maximum Gasteiger partial charge on any atom is 0.277 e. The van der Waals surface area contributed by atoms with Crippen LogP contribution in [-0.4, -0.2) is 33.4 Å². The number of nitro benzene ring substituents is 1. The Morgan fingerprint density at radius 2 is 1.43 bits per heavy atom. The number of hydrogen-bond donors (Lipinski definition) is 0. The van der Waals surface area contributed by atoms with Crippen molar-refractivity contribution < 1.29 is 52.4 Å². The van der Waals surface area contributed by atoms with Crippen LogP contribution in [0.5, 0.6) is 23.0 Å².